The molecule has 0 atom stereocenters. The van der Waals surface area contributed by atoms with Gasteiger partial charge < -0.3 is 0 Å². The van der Waals surface area contributed by atoms with Crippen LogP contribution in [-0.4, -0.2) is 0 Å². The van der Waals surface area contributed by atoms with Gasteiger partial charge in [-0.15, -0.1) is 0 Å². The van der Waals surface area contributed by atoms with Crippen LogP contribution in [0.15, 0.2) is 97.1 Å². The Bertz CT molecular complexity index is 1030. The molecule has 1 fully saturated rings. The van der Waals surface area contributed by atoms with Gasteiger partial charge in [0, 0.05) is 10.8 Å². The minimum absolute atomic E-state index is 0.0558. The molecule has 34 heavy (non-hydrogen) atoms. The van der Waals surface area contributed by atoms with Gasteiger partial charge in [-0.25, -0.2) is 0 Å². The summed E-state index contributed by atoms with van der Waals surface area (Å²) < 4.78 is 0. The molecule has 172 valence electrons. The minimum Gasteiger partial charge on any atom is -0.0590 e. The second-order valence-corrected chi connectivity index (χ2v) is 10.6. The van der Waals surface area contributed by atoms with Crippen LogP contribution < -0.4 is 0 Å². The maximum atomic E-state index is 2.37. The summed E-state index contributed by atoms with van der Waals surface area (Å²) >= 11 is 0. The molecule has 0 radical (unpaired) electrons. The smallest absolute Gasteiger partial charge is 0.0203 e. The van der Waals surface area contributed by atoms with Crippen LogP contribution in [0.25, 0.3) is 0 Å². The molecule has 1 aliphatic rings. The van der Waals surface area contributed by atoms with Crippen LogP contribution in [0.3, 0.4) is 0 Å². The first-order valence-corrected chi connectivity index (χ1v) is 12.7. The lowest BCUT2D eigenvalue weighted by Gasteiger charge is -2.48. The van der Waals surface area contributed by atoms with E-state index in [4.69, 9.17) is 0 Å². The van der Waals surface area contributed by atoms with Crippen LogP contribution >= 0.6 is 0 Å². The van der Waals surface area contributed by atoms with Crippen LogP contribution in [0.2, 0.25) is 0 Å². The van der Waals surface area contributed by atoms with Crippen LogP contribution in [0.1, 0.15) is 70.2 Å². The third kappa shape index (κ3) is 4.00. The molecule has 0 unspecified atom stereocenters. The summed E-state index contributed by atoms with van der Waals surface area (Å²) in [6.07, 6.45) is 4.56. The highest BCUT2D eigenvalue weighted by Gasteiger charge is 2.46. The van der Waals surface area contributed by atoms with E-state index in [0.717, 1.165) is 25.7 Å². The van der Waals surface area contributed by atoms with Gasteiger partial charge in [-0.05, 0) is 75.6 Å². The van der Waals surface area contributed by atoms with E-state index < -0.39 is 0 Å². The van der Waals surface area contributed by atoms with Crippen LogP contribution in [0, 0.1) is 27.7 Å². The van der Waals surface area contributed by atoms with Crippen LogP contribution in [0.5, 0.6) is 0 Å². The molecule has 0 aromatic heterocycles. The van der Waals surface area contributed by atoms with E-state index >= 15 is 0 Å². The minimum atomic E-state index is 0.0558. The van der Waals surface area contributed by atoms with Crippen molar-refractivity contribution >= 4 is 0 Å². The molecule has 1 saturated carbocycles. The monoisotopic (exact) mass is 444 g/mol. The van der Waals surface area contributed by atoms with Crippen molar-refractivity contribution < 1.29 is 0 Å². The summed E-state index contributed by atoms with van der Waals surface area (Å²) in [5, 5.41) is 0. The standard InChI is InChI=1S/C34H36/c1-25-5-13-29(14-6-25)33(30-15-7-26(2)8-16-30)21-23-34(24-22-33,31-17-9-27(3)10-18-31)32-19-11-28(4)12-20-32/h5-20H,21-24H2,1-4H3. The molecule has 0 N–H and O–H groups in total. The fourth-order valence-corrected chi connectivity index (χ4v) is 6.08. The van der Waals surface area contributed by atoms with Gasteiger partial charge in [-0.1, -0.05) is 119 Å². The highest BCUT2D eigenvalue weighted by atomic mass is 14.5. The third-order valence-electron chi connectivity index (χ3n) is 8.37. The molecule has 0 aliphatic heterocycles. The van der Waals surface area contributed by atoms with Crippen molar-refractivity contribution in [2.75, 3.05) is 0 Å². The first-order chi connectivity index (χ1) is 16.4. The molecule has 0 bridgehead atoms. The Balaban J connectivity index is 1.61. The Hall–Kier alpha value is -3.12. The lowest BCUT2D eigenvalue weighted by atomic mass is 9.55. The zero-order chi connectivity index (χ0) is 23.8. The fourth-order valence-electron chi connectivity index (χ4n) is 6.08. The van der Waals surface area contributed by atoms with E-state index in [9.17, 15) is 0 Å². The summed E-state index contributed by atoms with van der Waals surface area (Å²) in [4.78, 5) is 0. The topological polar surface area (TPSA) is 0 Å². The van der Waals surface area contributed by atoms with Crippen LogP contribution in [-0.2, 0) is 10.8 Å². The Morgan fingerprint density at radius 2 is 0.500 bits per heavy atom. The predicted molar refractivity (Wildman–Crippen MR) is 145 cm³/mol. The second-order valence-electron chi connectivity index (χ2n) is 10.6. The van der Waals surface area contributed by atoms with Crippen molar-refractivity contribution in [3.63, 3.8) is 0 Å². The number of benzene rings is 4. The van der Waals surface area contributed by atoms with Gasteiger partial charge in [0.1, 0.15) is 0 Å². The van der Waals surface area contributed by atoms with Crippen LogP contribution in [0.4, 0.5) is 0 Å². The average molecular weight is 445 g/mol. The highest BCUT2D eigenvalue weighted by Crippen LogP contribution is 2.54. The zero-order valence-electron chi connectivity index (χ0n) is 21.1. The second kappa shape index (κ2) is 8.91. The summed E-state index contributed by atoms with van der Waals surface area (Å²) in [6.45, 7) is 8.73. The maximum absolute atomic E-state index is 2.37. The van der Waals surface area contributed by atoms with E-state index in [2.05, 4.69) is 125 Å². The van der Waals surface area contributed by atoms with Crippen molar-refractivity contribution in [2.45, 2.75) is 64.2 Å². The molecule has 5 rings (SSSR count). The van der Waals surface area contributed by atoms with E-state index in [0.29, 0.717) is 0 Å². The molecule has 0 heterocycles. The van der Waals surface area contributed by atoms with Crippen molar-refractivity contribution in [1.29, 1.82) is 0 Å². The quantitative estimate of drug-likeness (QED) is 0.295. The normalized spacial score (nSPS) is 16.8. The summed E-state index contributed by atoms with van der Waals surface area (Å²) in [7, 11) is 0. The average Bonchev–Trinajstić information content (AvgIpc) is 2.86. The highest BCUT2D eigenvalue weighted by molar-refractivity contribution is 5.47. The van der Waals surface area contributed by atoms with E-state index in [1.54, 1.807) is 0 Å². The van der Waals surface area contributed by atoms with Gasteiger partial charge >= 0.3 is 0 Å². The lowest BCUT2D eigenvalue weighted by molar-refractivity contribution is 0.256. The fraction of sp³-hybridized carbons (Fsp3) is 0.294. The molecule has 0 heteroatoms. The number of hydrogen-bond donors (Lipinski definition) is 0. The van der Waals surface area contributed by atoms with E-state index in [1.807, 2.05) is 0 Å². The first kappa shape index (κ1) is 22.7. The Morgan fingerprint density at radius 1 is 0.324 bits per heavy atom. The lowest BCUT2D eigenvalue weighted by Crippen LogP contribution is -2.41. The molecular formula is C34H36. The van der Waals surface area contributed by atoms with Gasteiger partial charge in [-0.2, -0.15) is 0 Å². The number of hydrogen-bond acceptors (Lipinski definition) is 0. The van der Waals surface area contributed by atoms with Crippen molar-refractivity contribution in [2.24, 2.45) is 0 Å². The Morgan fingerprint density at radius 3 is 0.676 bits per heavy atom. The Labute approximate surface area is 205 Å². The number of aryl methyl sites for hydroxylation is 4. The third-order valence-corrected chi connectivity index (χ3v) is 8.37. The van der Waals surface area contributed by atoms with Crippen molar-refractivity contribution in [3.8, 4) is 0 Å². The predicted octanol–water partition coefficient (Wildman–Crippen LogP) is 8.77. The van der Waals surface area contributed by atoms with E-state index in [-0.39, 0.29) is 10.8 Å². The molecule has 1 aliphatic carbocycles. The summed E-state index contributed by atoms with van der Waals surface area (Å²) in [5.41, 5.74) is 11.3. The van der Waals surface area contributed by atoms with Gasteiger partial charge in [-0.3, -0.25) is 0 Å². The summed E-state index contributed by atoms with van der Waals surface area (Å²) in [5.74, 6) is 0. The SMILES string of the molecule is Cc1ccc(C2(c3ccc(C)cc3)CCC(c3ccc(C)cc3)(c3ccc(C)cc3)CC2)cc1. The van der Waals surface area contributed by atoms with Crippen molar-refractivity contribution in [3.05, 3.63) is 142 Å². The van der Waals surface area contributed by atoms with Gasteiger partial charge in [0.2, 0.25) is 0 Å². The molecular weight excluding hydrogens is 408 g/mol. The molecule has 4 aromatic carbocycles. The molecule has 4 aromatic rings. The maximum Gasteiger partial charge on any atom is 0.0203 e. The van der Waals surface area contributed by atoms with Crippen molar-refractivity contribution in [1.82, 2.24) is 0 Å². The summed E-state index contributed by atoms with van der Waals surface area (Å²) in [6, 6.07) is 37.3. The Kier molecular flexibility index (Phi) is 5.94. The molecule has 0 spiro atoms. The zero-order valence-corrected chi connectivity index (χ0v) is 21.1. The van der Waals surface area contributed by atoms with Gasteiger partial charge in [0.25, 0.3) is 0 Å². The first-order valence-electron chi connectivity index (χ1n) is 12.7. The molecule has 0 saturated heterocycles. The van der Waals surface area contributed by atoms with Gasteiger partial charge in [0.15, 0.2) is 0 Å². The number of rotatable bonds is 4. The molecule has 0 nitrogen and oxygen atoms in total. The molecule has 0 amide bonds. The van der Waals surface area contributed by atoms with Gasteiger partial charge in [0.05, 0.1) is 0 Å². The van der Waals surface area contributed by atoms with E-state index in [1.165, 1.54) is 44.5 Å². The largest absolute Gasteiger partial charge is 0.0590 e.